The number of nitrogens with two attached hydrogens (primary N) is 1. The van der Waals surface area contributed by atoms with Crippen LogP contribution in [0.1, 0.15) is 26.2 Å². The molecule has 16 heavy (non-hydrogen) atoms. The first-order valence-corrected chi connectivity index (χ1v) is 6.32. The first-order valence-electron chi connectivity index (χ1n) is 6.32. The number of rotatable bonds is 1. The molecule has 2 fully saturated rings. The van der Waals surface area contributed by atoms with Gasteiger partial charge in [0.15, 0.2) is 0 Å². The number of carbonyl (C=O) groups is 1. The lowest BCUT2D eigenvalue weighted by Gasteiger charge is -2.39. The van der Waals surface area contributed by atoms with E-state index in [1.54, 1.807) is 0 Å². The summed E-state index contributed by atoms with van der Waals surface area (Å²) in [4.78, 5) is 16.7. The molecule has 1 heterocycles. The average molecular weight is 225 g/mol. The van der Waals surface area contributed by atoms with E-state index in [2.05, 4.69) is 23.8 Å². The second-order valence-electron chi connectivity index (χ2n) is 5.41. The minimum absolute atomic E-state index is 0.195. The van der Waals surface area contributed by atoms with E-state index in [-0.39, 0.29) is 12.0 Å². The Balaban J connectivity index is 1.94. The van der Waals surface area contributed by atoms with Crippen LogP contribution in [0.5, 0.6) is 0 Å². The van der Waals surface area contributed by atoms with Gasteiger partial charge in [0.25, 0.3) is 0 Å². The quantitative estimate of drug-likeness (QED) is 0.697. The summed E-state index contributed by atoms with van der Waals surface area (Å²) in [6.45, 7) is 5.00. The van der Waals surface area contributed by atoms with Crippen LogP contribution in [-0.4, -0.2) is 54.5 Å². The molecule has 0 aromatic carbocycles. The molecule has 92 valence electrons. The zero-order chi connectivity index (χ0) is 11.7. The van der Waals surface area contributed by atoms with E-state index in [1.165, 1.54) is 0 Å². The number of likely N-dealkylation sites (N-methyl/N-ethyl adjacent to an activating group) is 1. The molecule has 2 rings (SSSR count). The minimum atomic E-state index is 0.195. The summed E-state index contributed by atoms with van der Waals surface area (Å²) in [5.41, 5.74) is 5.87. The van der Waals surface area contributed by atoms with Crippen molar-refractivity contribution in [3.05, 3.63) is 0 Å². The van der Waals surface area contributed by atoms with Crippen molar-refractivity contribution < 1.29 is 4.79 Å². The average Bonchev–Trinajstić information content (AvgIpc) is 2.64. The van der Waals surface area contributed by atoms with Crippen LogP contribution in [0.25, 0.3) is 0 Å². The van der Waals surface area contributed by atoms with Gasteiger partial charge in [-0.1, -0.05) is 0 Å². The molecule has 2 aliphatic rings. The fraction of sp³-hybridized carbons (Fsp3) is 0.917. The Hall–Kier alpha value is -0.610. The summed E-state index contributed by atoms with van der Waals surface area (Å²) >= 11 is 0. The zero-order valence-electron chi connectivity index (χ0n) is 10.4. The highest BCUT2D eigenvalue weighted by molar-refractivity contribution is 5.79. The molecule has 4 heteroatoms. The maximum atomic E-state index is 12.3. The highest BCUT2D eigenvalue weighted by Gasteiger charge is 2.34. The number of nitrogens with zero attached hydrogens (tertiary/aromatic N) is 2. The smallest absolute Gasteiger partial charge is 0.226 e. The van der Waals surface area contributed by atoms with Gasteiger partial charge in [-0.15, -0.1) is 0 Å². The van der Waals surface area contributed by atoms with Crippen molar-refractivity contribution in [3.8, 4) is 0 Å². The Morgan fingerprint density at radius 3 is 2.62 bits per heavy atom. The molecule has 1 saturated heterocycles. The Bertz CT molecular complexity index is 269. The highest BCUT2D eigenvalue weighted by Crippen LogP contribution is 2.27. The maximum Gasteiger partial charge on any atom is 0.226 e. The molecule has 3 atom stereocenters. The van der Waals surface area contributed by atoms with Crippen molar-refractivity contribution in [3.63, 3.8) is 0 Å². The summed E-state index contributed by atoms with van der Waals surface area (Å²) in [5.74, 6) is 0.536. The van der Waals surface area contributed by atoms with Gasteiger partial charge in [0.1, 0.15) is 0 Å². The van der Waals surface area contributed by atoms with Crippen molar-refractivity contribution in [1.29, 1.82) is 0 Å². The third-order valence-electron chi connectivity index (χ3n) is 3.94. The second kappa shape index (κ2) is 4.72. The monoisotopic (exact) mass is 225 g/mol. The molecular formula is C12H23N3O. The first-order chi connectivity index (χ1) is 7.58. The van der Waals surface area contributed by atoms with Crippen LogP contribution in [0.3, 0.4) is 0 Å². The van der Waals surface area contributed by atoms with Crippen LogP contribution < -0.4 is 5.73 Å². The molecule has 3 unspecified atom stereocenters. The normalized spacial score (nSPS) is 36.7. The van der Waals surface area contributed by atoms with E-state index in [1.807, 2.05) is 0 Å². The molecule has 0 radical (unpaired) electrons. The fourth-order valence-corrected chi connectivity index (χ4v) is 2.94. The summed E-state index contributed by atoms with van der Waals surface area (Å²) in [5, 5.41) is 0. The summed E-state index contributed by atoms with van der Waals surface area (Å²) < 4.78 is 0. The summed E-state index contributed by atoms with van der Waals surface area (Å²) in [6, 6.07) is 0.597. The summed E-state index contributed by atoms with van der Waals surface area (Å²) in [6.07, 6.45) is 2.88. The largest absolute Gasteiger partial charge is 0.337 e. The molecular weight excluding hydrogens is 202 g/mol. The van der Waals surface area contributed by atoms with Crippen LogP contribution in [0.4, 0.5) is 0 Å². The van der Waals surface area contributed by atoms with Crippen LogP contribution in [-0.2, 0) is 4.79 Å². The molecule has 0 aromatic rings. The molecule has 0 spiro atoms. The maximum absolute atomic E-state index is 12.3. The minimum Gasteiger partial charge on any atom is -0.337 e. The van der Waals surface area contributed by atoms with Crippen LogP contribution in [0.15, 0.2) is 0 Å². The van der Waals surface area contributed by atoms with E-state index in [9.17, 15) is 4.79 Å². The number of hydrogen-bond donors (Lipinski definition) is 1. The zero-order valence-corrected chi connectivity index (χ0v) is 10.4. The number of piperazine rings is 1. The standard InChI is InChI=1S/C12H23N3O/c1-9-8-14(2)5-6-15(9)12(16)10-3-4-11(13)7-10/h9-11H,3-8,13H2,1-2H3. The highest BCUT2D eigenvalue weighted by atomic mass is 16.2. The number of amides is 1. The molecule has 1 aliphatic heterocycles. The topological polar surface area (TPSA) is 49.6 Å². The van der Waals surface area contributed by atoms with Gasteiger partial charge in [-0.3, -0.25) is 4.79 Å². The lowest BCUT2D eigenvalue weighted by Crippen LogP contribution is -2.54. The van der Waals surface area contributed by atoms with E-state index in [0.717, 1.165) is 38.9 Å². The van der Waals surface area contributed by atoms with E-state index in [0.29, 0.717) is 11.9 Å². The van der Waals surface area contributed by atoms with Gasteiger partial charge in [0, 0.05) is 37.6 Å². The van der Waals surface area contributed by atoms with Gasteiger partial charge in [-0.25, -0.2) is 0 Å². The number of carbonyl (C=O) groups excluding carboxylic acids is 1. The summed E-state index contributed by atoms with van der Waals surface area (Å²) in [7, 11) is 2.11. The Kier molecular flexibility index (Phi) is 3.50. The molecule has 1 saturated carbocycles. The first kappa shape index (κ1) is 11.9. The molecule has 1 amide bonds. The lowest BCUT2D eigenvalue weighted by molar-refractivity contribution is -0.139. The Morgan fingerprint density at radius 2 is 2.06 bits per heavy atom. The van der Waals surface area contributed by atoms with Crippen LogP contribution in [0, 0.1) is 5.92 Å². The molecule has 0 aromatic heterocycles. The van der Waals surface area contributed by atoms with Gasteiger partial charge < -0.3 is 15.5 Å². The van der Waals surface area contributed by atoms with Crippen LogP contribution in [0.2, 0.25) is 0 Å². The third kappa shape index (κ3) is 2.38. The van der Waals surface area contributed by atoms with E-state index >= 15 is 0 Å². The lowest BCUT2D eigenvalue weighted by atomic mass is 10.0. The molecule has 0 bridgehead atoms. The Labute approximate surface area is 97.8 Å². The molecule has 4 nitrogen and oxygen atoms in total. The van der Waals surface area contributed by atoms with Gasteiger partial charge in [0.2, 0.25) is 5.91 Å². The predicted molar refractivity (Wildman–Crippen MR) is 64.0 cm³/mol. The van der Waals surface area contributed by atoms with Gasteiger partial charge in [0.05, 0.1) is 0 Å². The molecule has 1 aliphatic carbocycles. The third-order valence-corrected chi connectivity index (χ3v) is 3.94. The van der Waals surface area contributed by atoms with Crippen LogP contribution >= 0.6 is 0 Å². The fourth-order valence-electron chi connectivity index (χ4n) is 2.94. The van der Waals surface area contributed by atoms with E-state index in [4.69, 9.17) is 5.73 Å². The van der Waals surface area contributed by atoms with Crippen molar-refractivity contribution in [2.45, 2.75) is 38.3 Å². The Morgan fingerprint density at radius 1 is 1.31 bits per heavy atom. The van der Waals surface area contributed by atoms with Gasteiger partial charge >= 0.3 is 0 Å². The number of hydrogen-bond acceptors (Lipinski definition) is 3. The van der Waals surface area contributed by atoms with Gasteiger partial charge in [-0.2, -0.15) is 0 Å². The van der Waals surface area contributed by atoms with Crippen molar-refractivity contribution in [1.82, 2.24) is 9.80 Å². The van der Waals surface area contributed by atoms with E-state index < -0.39 is 0 Å². The second-order valence-corrected chi connectivity index (χ2v) is 5.41. The van der Waals surface area contributed by atoms with Crippen molar-refractivity contribution in [2.24, 2.45) is 11.7 Å². The van der Waals surface area contributed by atoms with Gasteiger partial charge in [-0.05, 0) is 33.2 Å². The predicted octanol–water partition coefficient (Wildman–Crippen LogP) is 0.276. The van der Waals surface area contributed by atoms with Crippen molar-refractivity contribution >= 4 is 5.91 Å². The molecule has 2 N–H and O–H groups in total. The SMILES string of the molecule is CC1CN(C)CCN1C(=O)C1CCC(N)C1. The van der Waals surface area contributed by atoms with Crippen molar-refractivity contribution in [2.75, 3.05) is 26.7 Å².